The number of hydrogen-bond donors (Lipinski definition) is 0. The van der Waals surface area contributed by atoms with Crippen LogP contribution in [0.5, 0.6) is 11.5 Å². The molecule has 0 bridgehead atoms. The summed E-state index contributed by atoms with van der Waals surface area (Å²) in [6, 6.07) is 8.30. The number of ether oxygens (including phenoxy) is 3. The Balaban J connectivity index is 2.05. The molecule has 148 valence electrons. The lowest BCUT2D eigenvalue weighted by atomic mass is 10.1. The third-order valence-corrected chi connectivity index (χ3v) is 4.02. The van der Waals surface area contributed by atoms with Crippen molar-refractivity contribution in [2.24, 2.45) is 0 Å². The molecule has 0 spiro atoms. The molecular weight excluding hydrogens is 387 g/mol. The highest BCUT2D eigenvalue weighted by molar-refractivity contribution is 6.32. The molecule has 0 saturated carbocycles. The van der Waals surface area contributed by atoms with Gasteiger partial charge in [-0.05, 0) is 61.9 Å². The Hall–Kier alpha value is -2.86. The zero-order valence-corrected chi connectivity index (χ0v) is 16.5. The summed E-state index contributed by atoms with van der Waals surface area (Å²) in [5.41, 5.74) is 0.855. The van der Waals surface area contributed by atoms with Gasteiger partial charge < -0.3 is 14.2 Å². The standard InChI is InChI=1S/C21H20ClFO5/c1-4-27-21-17(22)11-14(12-18(21)26-3)5-10-19(24)28-13(2)20(25)15-6-8-16(23)9-7-15/h5-13H,4H2,1-3H3/b10-5+/t13-/m0/s1. The Morgan fingerprint density at radius 2 is 1.89 bits per heavy atom. The van der Waals surface area contributed by atoms with Gasteiger partial charge in [-0.25, -0.2) is 9.18 Å². The Labute approximate surface area is 167 Å². The number of carbonyl (C=O) groups excluding carboxylic acids is 2. The van der Waals surface area contributed by atoms with Crippen LogP contribution in [0.25, 0.3) is 6.08 Å². The van der Waals surface area contributed by atoms with E-state index in [0.717, 1.165) is 0 Å². The normalized spacial score (nSPS) is 11.9. The summed E-state index contributed by atoms with van der Waals surface area (Å²) in [7, 11) is 1.48. The second-order valence-electron chi connectivity index (χ2n) is 5.75. The monoisotopic (exact) mass is 406 g/mol. The molecule has 2 aromatic rings. The van der Waals surface area contributed by atoms with E-state index >= 15 is 0 Å². The predicted molar refractivity (Wildman–Crippen MR) is 104 cm³/mol. The molecule has 28 heavy (non-hydrogen) atoms. The topological polar surface area (TPSA) is 61.8 Å². The van der Waals surface area contributed by atoms with Gasteiger partial charge in [0.1, 0.15) is 5.82 Å². The van der Waals surface area contributed by atoms with Gasteiger partial charge in [-0.2, -0.15) is 0 Å². The van der Waals surface area contributed by atoms with Crippen LogP contribution >= 0.6 is 11.6 Å². The number of ketones is 1. The second-order valence-corrected chi connectivity index (χ2v) is 6.16. The Bertz CT molecular complexity index is 877. The van der Waals surface area contributed by atoms with Gasteiger partial charge in [0, 0.05) is 11.6 Å². The van der Waals surface area contributed by atoms with E-state index in [1.165, 1.54) is 50.5 Å². The molecule has 0 aromatic heterocycles. The molecule has 0 saturated heterocycles. The highest BCUT2D eigenvalue weighted by atomic mass is 35.5. The molecule has 0 aliphatic heterocycles. The van der Waals surface area contributed by atoms with Crippen molar-refractivity contribution in [3.05, 3.63) is 64.4 Å². The van der Waals surface area contributed by atoms with Crippen LogP contribution in [0.3, 0.4) is 0 Å². The summed E-state index contributed by atoms with van der Waals surface area (Å²) in [5.74, 6) is -0.722. The third kappa shape index (κ3) is 5.57. The molecule has 0 unspecified atom stereocenters. The quantitative estimate of drug-likeness (QED) is 0.361. The Morgan fingerprint density at radius 3 is 2.50 bits per heavy atom. The SMILES string of the molecule is CCOc1c(Cl)cc(/C=C/C(=O)O[C@@H](C)C(=O)c2ccc(F)cc2)cc1OC. The van der Waals surface area contributed by atoms with Crippen molar-refractivity contribution in [3.63, 3.8) is 0 Å². The van der Waals surface area contributed by atoms with Gasteiger partial charge in [0.2, 0.25) is 5.78 Å². The van der Waals surface area contributed by atoms with Crippen molar-refractivity contribution in [2.45, 2.75) is 20.0 Å². The zero-order chi connectivity index (χ0) is 20.7. The van der Waals surface area contributed by atoms with Gasteiger partial charge in [-0.15, -0.1) is 0 Å². The fourth-order valence-corrected chi connectivity index (χ4v) is 2.67. The highest BCUT2D eigenvalue weighted by Crippen LogP contribution is 2.36. The predicted octanol–water partition coefficient (Wildman–Crippen LogP) is 4.71. The van der Waals surface area contributed by atoms with Gasteiger partial charge in [-0.1, -0.05) is 11.6 Å². The van der Waals surface area contributed by atoms with E-state index in [0.29, 0.717) is 28.7 Å². The summed E-state index contributed by atoms with van der Waals surface area (Å²) < 4.78 is 28.7. The van der Waals surface area contributed by atoms with E-state index in [1.54, 1.807) is 12.1 Å². The molecular formula is C21H20ClFO5. The van der Waals surface area contributed by atoms with Crippen LogP contribution < -0.4 is 9.47 Å². The van der Waals surface area contributed by atoms with Crippen molar-refractivity contribution in [1.29, 1.82) is 0 Å². The minimum atomic E-state index is -1.01. The minimum absolute atomic E-state index is 0.258. The molecule has 2 aromatic carbocycles. The van der Waals surface area contributed by atoms with Gasteiger partial charge in [0.15, 0.2) is 17.6 Å². The number of rotatable bonds is 8. The maximum Gasteiger partial charge on any atom is 0.331 e. The third-order valence-electron chi connectivity index (χ3n) is 3.74. The fourth-order valence-electron chi connectivity index (χ4n) is 2.40. The summed E-state index contributed by atoms with van der Waals surface area (Å²) in [4.78, 5) is 24.2. The largest absolute Gasteiger partial charge is 0.493 e. The van der Waals surface area contributed by atoms with Crippen molar-refractivity contribution in [2.75, 3.05) is 13.7 Å². The molecule has 5 nitrogen and oxygen atoms in total. The first-order valence-corrected chi connectivity index (χ1v) is 8.92. The molecule has 7 heteroatoms. The molecule has 2 rings (SSSR count). The maximum atomic E-state index is 12.9. The van der Waals surface area contributed by atoms with Crippen LogP contribution in [0.2, 0.25) is 5.02 Å². The summed E-state index contributed by atoms with van der Waals surface area (Å²) >= 11 is 6.19. The smallest absolute Gasteiger partial charge is 0.331 e. The second kappa shape index (κ2) is 9.90. The number of esters is 1. The van der Waals surface area contributed by atoms with E-state index in [1.807, 2.05) is 6.92 Å². The lowest BCUT2D eigenvalue weighted by Gasteiger charge is -2.12. The summed E-state index contributed by atoms with van der Waals surface area (Å²) in [5, 5.41) is 0.342. The Kier molecular flexibility index (Phi) is 7.58. The summed E-state index contributed by atoms with van der Waals surface area (Å²) in [6.45, 7) is 3.71. The average Bonchev–Trinajstić information content (AvgIpc) is 2.68. The van der Waals surface area contributed by atoms with Crippen molar-refractivity contribution >= 4 is 29.4 Å². The first-order chi connectivity index (χ1) is 13.3. The van der Waals surface area contributed by atoms with Gasteiger partial charge >= 0.3 is 5.97 Å². The van der Waals surface area contributed by atoms with Crippen molar-refractivity contribution in [3.8, 4) is 11.5 Å². The highest BCUT2D eigenvalue weighted by Gasteiger charge is 2.18. The van der Waals surface area contributed by atoms with Crippen LogP contribution in [-0.2, 0) is 9.53 Å². The van der Waals surface area contributed by atoms with E-state index in [2.05, 4.69) is 0 Å². The van der Waals surface area contributed by atoms with Crippen LogP contribution in [0.1, 0.15) is 29.8 Å². The lowest BCUT2D eigenvalue weighted by Crippen LogP contribution is -2.23. The van der Waals surface area contributed by atoms with Gasteiger partial charge in [-0.3, -0.25) is 4.79 Å². The number of carbonyl (C=O) groups is 2. The molecule has 0 aliphatic rings. The minimum Gasteiger partial charge on any atom is -0.493 e. The molecule has 0 fully saturated rings. The van der Waals surface area contributed by atoms with Crippen LogP contribution in [0.15, 0.2) is 42.5 Å². The van der Waals surface area contributed by atoms with Crippen LogP contribution in [0.4, 0.5) is 4.39 Å². The van der Waals surface area contributed by atoms with E-state index in [9.17, 15) is 14.0 Å². The molecule has 1 atom stereocenters. The van der Waals surface area contributed by atoms with Gasteiger partial charge in [0.05, 0.1) is 18.7 Å². The summed E-state index contributed by atoms with van der Waals surface area (Å²) in [6.07, 6.45) is 1.66. The average molecular weight is 407 g/mol. The van der Waals surface area contributed by atoms with E-state index in [-0.39, 0.29) is 5.56 Å². The first kappa shape index (κ1) is 21.4. The number of methoxy groups -OCH3 is 1. The van der Waals surface area contributed by atoms with E-state index in [4.69, 9.17) is 25.8 Å². The number of benzene rings is 2. The number of halogens is 2. The molecule has 0 aliphatic carbocycles. The van der Waals surface area contributed by atoms with Crippen molar-refractivity contribution in [1.82, 2.24) is 0 Å². The Morgan fingerprint density at radius 1 is 1.21 bits per heavy atom. The molecule has 0 radical (unpaired) electrons. The van der Waals surface area contributed by atoms with Crippen LogP contribution in [0, 0.1) is 5.82 Å². The lowest BCUT2D eigenvalue weighted by molar-refractivity contribution is -0.140. The maximum absolute atomic E-state index is 12.9. The number of hydrogen-bond acceptors (Lipinski definition) is 5. The first-order valence-electron chi connectivity index (χ1n) is 8.54. The number of Topliss-reactive ketones (excluding diaryl/α,β-unsaturated/α-hetero) is 1. The van der Waals surface area contributed by atoms with Gasteiger partial charge in [0.25, 0.3) is 0 Å². The molecule has 0 amide bonds. The van der Waals surface area contributed by atoms with Crippen molar-refractivity contribution < 1.29 is 28.2 Å². The van der Waals surface area contributed by atoms with Crippen LogP contribution in [-0.4, -0.2) is 31.6 Å². The fraction of sp³-hybridized carbons (Fsp3) is 0.238. The zero-order valence-electron chi connectivity index (χ0n) is 15.7. The molecule has 0 N–H and O–H groups in total. The molecule has 0 heterocycles. The van der Waals surface area contributed by atoms with E-state index < -0.39 is 23.7 Å².